The van der Waals surface area contributed by atoms with Gasteiger partial charge in [0.15, 0.2) is 0 Å². The normalized spacial score (nSPS) is 13.9. The number of benzene rings is 9. The van der Waals surface area contributed by atoms with Crippen molar-refractivity contribution in [3.05, 3.63) is 204 Å². The first-order valence-corrected chi connectivity index (χ1v) is 27.0. The summed E-state index contributed by atoms with van der Waals surface area (Å²) in [5.41, 5.74) is 18.6. The fourth-order valence-corrected chi connectivity index (χ4v) is 13.4. The van der Waals surface area contributed by atoms with Crippen molar-refractivity contribution in [1.82, 2.24) is 0 Å². The van der Waals surface area contributed by atoms with E-state index < -0.39 is 13.5 Å². The van der Waals surface area contributed by atoms with Gasteiger partial charge in [-0.3, -0.25) is 0 Å². The maximum absolute atomic E-state index is 7.35. The second kappa shape index (κ2) is 13.3. The Bertz CT molecular complexity index is 4030. The highest BCUT2D eigenvalue weighted by molar-refractivity contribution is 6.90. The van der Waals surface area contributed by atoms with Crippen LogP contribution in [0.15, 0.2) is 189 Å². The second-order valence-electron chi connectivity index (χ2n) is 20.8. The molecule has 1 spiro atoms. The van der Waals surface area contributed by atoms with Gasteiger partial charge in [-0.05, 0) is 92.0 Å². The minimum atomic E-state index is -1.72. The van der Waals surface area contributed by atoms with Crippen LogP contribution in [0.5, 0.6) is 0 Å². The average Bonchev–Trinajstić information content (AvgIpc) is 4.13. The molecule has 5 heteroatoms. The topological polar surface area (TPSA) is 42.7 Å². The van der Waals surface area contributed by atoms with Crippen LogP contribution in [-0.2, 0) is 10.8 Å². The maximum Gasteiger partial charge on any atom is 0.145 e. The van der Waals surface area contributed by atoms with Crippen LogP contribution in [0.3, 0.4) is 0 Å². The van der Waals surface area contributed by atoms with E-state index in [4.69, 9.17) is 13.3 Å². The maximum atomic E-state index is 7.35. The molecule has 0 unspecified atom stereocenters. The number of anilines is 3. The largest absolute Gasteiger partial charge is 0.456 e. The zero-order valence-corrected chi connectivity index (χ0v) is 39.4. The number of para-hydroxylation sites is 3. The SMILES string of the molecule is CC(C)(C)c1ccc(N(c2ccc3c(c2)oc2c([Si](C)(C)C)cccc23)c2cc3c(c4oc5ccccc5c24)-c2c(ccc4c2oc2ccccc24)C32c3ccccc3-c3ccccc32)cc1. The Labute approximate surface area is 389 Å². The van der Waals surface area contributed by atoms with Crippen molar-refractivity contribution in [1.29, 1.82) is 0 Å². The van der Waals surface area contributed by atoms with Gasteiger partial charge in [-0.15, -0.1) is 0 Å². The van der Waals surface area contributed by atoms with Crippen molar-refractivity contribution in [2.45, 2.75) is 51.2 Å². The summed E-state index contributed by atoms with van der Waals surface area (Å²) in [6.07, 6.45) is 0. The third-order valence-corrected chi connectivity index (χ3v) is 17.0. The van der Waals surface area contributed by atoms with E-state index in [1.54, 1.807) is 0 Å². The van der Waals surface area contributed by atoms with E-state index in [9.17, 15) is 0 Å². The standard InChI is InChI=1S/C62H47NO3Si/c1-61(2,3)36-26-28-37(29-27-36)63(38-30-31-42-43-20-15-25-54(67(4,5)6)58(43)66-53(42)34-38)50-35-49-57(60-55(50)45-19-10-14-24-52(45)65-60)56-48(33-32-44-41-18-9-13-23-51(41)64-59(44)56)62(49)46-21-11-7-16-39(46)40-17-8-12-22-47(40)62/h7-35H,1-6H3. The van der Waals surface area contributed by atoms with Gasteiger partial charge in [-0.1, -0.05) is 168 Å². The summed E-state index contributed by atoms with van der Waals surface area (Å²) in [4.78, 5) is 2.45. The lowest BCUT2D eigenvalue weighted by Crippen LogP contribution is -2.37. The molecule has 0 fully saturated rings. The molecule has 2 aliphatic carbocycles. The first kappa shape index (κ1) is 38.6. The van der Waals surface area contributed by atoms with Crippen molar-refractivity contribution in [3.63, 3.8) is 0 Å². The molecule has 0 N–H and O–H groups in total. The van der Waals surface area contributed by atoms with E-state index in [0.717, 1.165) is 88.6 Å². The minimum Gasteiger partial charge on any atom is -0.456 e. The molecule has 0 saturated heterocycles. The molecule has 3 aromatic heterocycles. The highest BCUT2D eigenvalue weighted by Crippen LogP contribution is 2.66. The van der Waals surface area contributed by atoms with Gasteiger partial charge in [-0.25, -0.2) is 0 Å². The highest BCUT2D eigenvalue weighted by Gasteiger charge is 2.54. The smallest absolute Gasteiger partial charge is 0.145 e. The van der Waals surface area contributed by atoms with Gasteiger partial charge in [0.2, 0.25) is 0 Å². The highest BCUT2D eigenvalue weighted by atomic mass is 28.3. The Balaban J connectivity index is 1.15. The number of hydrogen-bond donors (Lipinski definition) is 0. The van der Waals surface area contributed by atoms with Gasteiger partial charge in [0, 0.05) is 55.5 Å². The Hall–Kier alpha value is -7.60. The Morgan fingerprint density at radius 1 is 0.433 bits per heavy atom. The molecule has 0 radical (unpaired) electrons. The molecule has 14 rings (SSSR count). The van der Waals surface area contributed by atoms with E-state index in [2.05, 4.69) is 221 Å². The van der Waals surface area contributed by atoms with E-state index in [1.165, 1.54) is 49.5 Å². The summed E-state index contributed by atoms with van der Waals surface area (Å²) in [5.74, 6) is 0. The van der Waals surface area contributed by atoms with Gasteiger partial charge in [0.05, 0.1) is 24.6 Å². The van der Waals surface area contributed by atoms with Crippen molar-refractivity contribution in [2.24, 2.45) is 0 Å². The predicted octanol–water partition coefficient (Wildman–Crippen LogP) is 17.0. The van der Waals surface area contributed by atoms with E-state index in [1.807, 2.05) is 0 Å². The quantitative estimate of drug-likeness (QED) is 0.165. The molecule has 9 aromatic carbocycles. The van der Waals surface area contributed by atoms with Crippen LogP contribution in [-0.4, -0.2) is 8.07 Å². The molecule has 0 aliphatic heterocycles. The van der Waals surface area contributed by atoms with Crippen LogP contribution in [0.2, 0.25) is 19.6 Å². The summed E-state index contributed by atoms with van der Waals surface area (Å²) in [6, 6.07) is 64.7. The molecular weight excluding hydrogens is 835 g/mol. The molecular formula is C62H47NO3Si. The number of rotatable bonds is 4. The zero-order chi connectivity index (χ0) is 45.1. The van der Waals surface area contributed by atoms with Gasteiger partial charge >= 0.3 is 0 Å². The molecule has 322 valence electrons. The van der Waals surface area contributed by atoms with E-state index in [0.29, 0.717) is 0 Å². The van der Waals surface area contributed by atoms with Crippen molar-refractivity contribution >= 4 is 96.1 Å². The molecule has 3 heterocycles. The number of nitrogens with zero attached hydrogens (tertiary/aromatic N) is 1. The molecule has 0 saturated carbocycles. The summed E-state index contributed by atoms with van der Waals surface area (Å²) in [6.45, 7) is 14.0. The summed E-state index contributed by atoms with van der Waals surface area (Å²) in [5, 5.41) is 7.94. The lowest BCUT2D eigenvalue weighted by molar-refractivity contribution is 0.590. The summed E-state index contributed by atoms with van der Waals surface area (Å²) >= 11 is 0. The van der Waals surface area contributed by atoms with E-state index in [-0.39, 0.29) is 5.41 Å². The van der Waals surface area contributed by atoms with Crippen LogP contribution < -0.4 is 10.1 Å². The third kappa shape index (κ3) is 5.12. The van der Waals surface area contributed by atoms with Gasteiger partial charge in [0.25, 0.3) is 0 Å². The fraction of sp³-hybridized carbons (Fsp3) is 0.129. The Morgan fingerprint density at radius 3 is 1.70 bits per heavy atom. The molecule has 67 heavy (non-hydrogen) atoms. The van der Waals surface area contributed by atoms with Crippen molar-refractivity contribution in [2.75, 3.05) is 4.90 Å². The molecule has 12 aromatic rings. The van der Waals surface area contributed by atoms with Crippen LogP contribution >= 0.6 is 0 Å². The van der Waals surface area contributed by atoms with Crippen molar-refractivity contribution in [3.8, 4) is 22.3 Å². The van der Waals surface area contributed by atoms with Crippen LogP contribution in [0.25, 0.3) is 88.1 Å². The molecule has 4 nitrogen and oxygen atoms in total. The lowest BCUT2D eigenvalue weighted by Gasteiger charge is -2.32. The first-order valence-electron chi connectivity index (χ1n) is 23.5. The average molecular weight is 882 g/mol. The Kier molecular flexibility index (Phi) is 7.66. The van der Waals surface area contributed by atoms with Gasteiger partial charge in [0.1, 0.15) is 33.5 Å². The predicted molar refractivity (Wildman–Crippen MR) is 281 cm³/mol. The molecule has 2 aliphatic rings. The van der Waals surface area contributed by atoms with Gasteiger partial charge in [-0.2, -0.15) is 0 Å². The third-order valence-electron chi connectivity index (χ3n) is 15.0. The number of hydrogen-bond acceptors (Lipinski definition) is 4. The van der Waals surface area contributed by atoms with Crippen LogP contribution in [0.4, 0.5) is 17.1 Å². The molecule has 0 amide bonds. The van der Waals surface area contributed by atoms with Crippen LogP contribution in [0.1, 0.15) is 48.6 Å². The first-order chi connectivity index (χ1) is 32.5. The monoisotopic (exact) mass is 881 g/mol. The molecule has 0 atom stereocenters. The van der Waals surface area contributed by atoms with E-state index >= 15 is 0 Å². The molecule has 0 bridgehead atoms. The van der Waals surface area contributed by atoms with Crippen LogP contribution in [0, 0.1) is 0 Å². The number of fused-ring (bicyclic) bond motifs is 21. The zero-order valence-electron chi connectivity index (χ0n) is 38.4. The number of furan rings is 3. The fourth-order valence-electron chi connectivity index (χ4n) is 12.0. The summed E-state index contributed by atoms with van der Waals surface area (Å²) in [7, 11) is -1.72. The van der Waals surface area contributed by atoms with Crippen molar-refractivity contribution < 1.29 is 13.3 Å². The van der Waals surface area contributed by atoms with Gasteiger partial charge < -0.3 is 18.2 Å². The lowest BCUT2D eigenvalue weighted by atomic mass is 9.70. The Morgan fingerprint density at radius 2 is 0.985 bits per heavy atom. The summed E-state index contributed by atoms with van der Waals surface area (Å²) < 4.78 is 21.4. The second-order valence-corrected chi connectivity index (χ2v) is 25.8. The minimum absolute atomic E-state index is 0.0182.